The Labute approximate surface area is 92.3 Å². The number of ether oxygens (including phenoxy) is 1. The van der Waals surface area contributed by atoms with Gasteiger partial charge in [-0.05, 0) is 20.3 Å². The highest BCUT2D eigenvalue weighted by atomic mass is 19.4. The SMILES string of the molecule is CCC(C)(C)OCC(C(N)=NO)C(F)(F)F. The van der Waals surface area contributed by atoms with Crippen molar-refractivity contribution in [3.8, 4) is 0 Å². The van der Waals surface area contributed by atoms with E-state index in [-0.39, 0.29) is 0 Å². The van der Waals surface area contributed by atoms with Crippen molar-refractivity contribution in [2.45, 2.75) is 39.0 Å². The summed E-state index contributed by atoms with van der Waals surface area (Å²) in [5.41, 5.74) is 4.31. The molecule has 16 heavy (non-hydrogen) atoms. The number of hydrogen-bond acceptors (Lipinski definition) is 3. The number of hydrogen-bond donors (Lipinski definition) is 2. The summed E-state index contributed by atoms with van der Waals surface area (Å²) < 4.78 is 42.6. The largest absolute Gasteiger partial charge is 0.409 e. The van der Waals surface area contributed by atoms with Crippen LogP contribution in [-0.2, 0) is 4.74 Å². The summed E-state index contributed by atoms with van der Waals surface area (Å²) >= 11 is 0. The van der Waals surface area contributed by atoms with E-state index in [9.17, 15) is 13.2 Å². The number of rotatable bonds is 5. The molecule has 7 heteroatoms. The normalized spacial score (nSPS) is 16.2. The van der Waals surface area contributed by atoms with Gasteiger partial charge in [-0.2, -0.15) is 13.2 Å². The van der Waals surface area contributed by atoms with Gasteiger partial charge < -0.3 is 15.7 Å². The lowest BCUT2D eigenvalue weighted by atomic mass is 10.1. The van der Waals surface area contributed by atoms with E-state index in [4.69, 9.17) is 15.7 Å². The molecule has 3 N–H and O–H groups in total. The number of alkyl halides is 3. The van der Waals surface area contributed by atoms with Crippen LogP contribution in [0, 0.1) is 5.92 Å². The number of halogens is 3. The Morgan fingerprint density at radius 2 is 1.94 bits per heavy atom. The number of nitrogens with zero attached hydrogens (tertiary/aromatic N) is 1. The van der Waals surface area contributed by atoms with E-state index in [1.165, 1.54) is 0 Å². The third kappa shape index (κ3) is 4.69. The van der Waals surface area contributed by atoms with Gasteiger partial charge in [-0.3, -0.25) is 0 Å². The monoisotopic (exact) mass is 242 g/mol. The van der Waals surface area contributed by atoms with Crippen molar-refractivity contribution in [2.75, 3.05) is 6.61 Å². The molecule has 0 saturated carbocycles. The molecule has 4 nitrogen and oxygen atoms in total. The quantitative estimate of drug-likeness (QED) is 0.336. The molecule has 0 aliphatic rings. The van der Waals surface area contributed by atoms with Gasteiger partial charge in [0.2, 0.25) is 0 Å². The summed E-state index contributed by atoms with van der Waals surface area (Å²) in [6.07, 6.45) is -4.02. The van der Waals surface area contributed by atoms with Crippen LogP contribution < -0.4 is 5.73 Å². The van der Waals surface area contributed by atoms with Crippen molar-refractivity contribution >= 4 is 5.84 Å². The first-order valence-electron chi connectivity index (χ1n) is 4.82. The molecule has 0 rings (SSSR count). The molecule has 0 aromatic rings. The minimum absolute atomic E-state index is 0.563. The van der Waals surface area contributed by atoms with Crippen molar-refractivity contribution in [2.24, 2.45) is 16.8 Å². The van der Waals surface area contributed by atoms with Gasteiger partial charge in [0.25, 0.3) is 0 Å². The molecule has 1 atom stereocenters. The molecule has 0 saturated heterocycles. The molecule has 0 bridgehead atoms. The molecule has 96 valence electrons. The Hall–Kier alpha value is -0.980. The average Bonchev–Trinajstić information content (AvgIpc) is 2.15. The molecule has 1 unspecified atom stereocenters. The van der Waals surface area contributed by atoms with E-state index in [2.05, 4.69) is 5.16 Å². The zero-order valence-corrected chi connectivity index (χ0v) is 9.51. The third-order valence-corrected chi connectivity index (χ3v) is 2.36. The van der Waals surface area contributed by atoms with Gasteiger partial charge in [-0.1, -0.05) is 12.1 Å². The van der Waals surface area contributed by atoms with Crippen LogP contribution in [0.4, 0.5) is 13.2 Å². The molecule has 0 aromatic carbocycles. The molecule has 0 spiro atoms. The van der Waals surface area contributed by atoms with Gasteiger partial charge in [0.1, 0.15) is 5.92 Å². The Balaban J connectivity index is 4.60. The van der Waals surface area contributed by atoms with Crippen molar-refractivity contribution in [1.29, 1.82) is 0 Å². The van der Waals surface area contributed by atoms with E-state index >= 15 is 0 Å². The molecular weight excluding hydrogens is 225 g/mol. The maximum Gasteiger partial charge on any atom is 0.401 e. The van der Waals surface area contributed by atoms with Crippen LogP contribution in [0.2, 0.25) is 0 Å². The molecule has 0 amide bonds. The lowest BCUT2D eigenvalue weighted by Crippen LogP contribution is -2.41. The van der Waals surface area contributed by atoms with Crippen molar-refractivity contribution < 1.29 is 23.1 Å². The molecule has 0 heterocycles. The van der Waals surface area contributed by atoms with Crippen molar-refractivity contribution in [1.82, 2.24) is 0 Å². The van der Waals surface area contributed by atoms with Crippen LogP contribution in [0.25, 0.3) is 0 Å². The van der Waals surface area contributed by atoms with E-state index in [1.54, 1.807) is 20.8 Å². The van der Waals surface area contributed by atoms with Crippen LogP contribution in [0.15, 0.2) is 5.16 Å². The first-order valence-corrected chi connectivity index (χ1v) is 4.82. The fraction of sp³-hybridized carbons (Fsp3) is 0.889. The van der Waals surface area contributed by atoms with E-state index in [0.29, 0.717) is 6.42 Å². The fourth-order valence-electron chi connectivity index (χ4n) is 0.828. The van der Waals surface area contributed by atoms with Crippen LogP contribution in [-0.4, -0.2) is 29.4 Å². The third-order valence-electron chi connectivity index (χ3n) is 2.36. The maximum absolute atomic E-state index is 12.5. The minimum atomic E-state index is -4.58. The number of oxime groups is 1. The summed E-state index contributed by atoms with van der Waals surface area (Å²) in [5.74, 6) is -2.97. The van der Waals surface area contributed by atoms with Gasteiger partial charge in [0.15, 0.2) is 5.84 Å². The number of amidine groups is 1. The second-order valence-electron chi connectivity index (χ2n) is 4.04. The molecule has 0 aliphatic heterocycles. The second-order valence-corrected chi connectivity index (χ2v) is 4.04. The first kappa shape index (κ1) is 15.0. The summed E-state index contributed by atoms with van der Waals surface area (Å²) in [5, 5.41) is 10.6. The van der Waals surface area contributed by atoms with E-state index in [1.807, 2.05) is 0 Å². The zero-order chi connectivity index (χ0) is 13.0. The highest BCUT2D eigenvalue weighted by Crippen LogP contribution is 2.28. The zero-order valence-electron chi connectivity index (χ0n) is 9.51. The van der Waals surface area contributed by atoms with Crippen LogP contribution >= 0.6 is 0 Å². The average molecular weight is 242 g/mol. The highest BCUT2D eigenvalue weighted by molar-refractivity contribution is 5.83. The minimum Gasteiger partial charge on any atom is -0.409 e. The van der Waals surface area contributed by atoms with Gasteiger partial charge in [-0.15, -0.1) is 0 Å². The Morgan fingerprint density at radius 3 is 2.25 bits per heavy atom. The first-order chi connectivity index (χ1) is 7.14. The van der Waals surface area contributed by atoms with Gasteiger partial charge in [-0.25, -0.2) is 0 Å². The lowest BCUT2D eigenvalue weighted by Gasteiger charge is -2.27. The molecule has 0 aromatic heterocycles. The highest BCUT2D eigenvalue weighted by Gasteiger charge is 2.43. The van der Waals surface area contributed by atoms with Crippen LogP contribution in [0.3, 0.4) is 0 Å². The molecule has 0 aliphatic carbocycles. The lowest BCUT2D eigenvalue weighted by molar-refractivity contribution is -0.178. The summed E-state index contributed by atoms with van der Waals surface area (Å²) in [6, 6.07) is 0. The van der Waals surface area contributed by atoms with Crippen molar-refractivity contribution in [3.05, 3.63) is 0 Å². The Bertz CT molecular complexity index is 252. The predicted molar refractivity (Wildman–Crippen MR) is 53.3 cm³/mol. The van der Waals surface area contributed by atoms with Crippen molar-refractivity contribution in [3.63, 3.8) is 0 Å². The van der Waals surface area contributed by atoms with Crippen LogP contribution in [0.5, 0.6) is 0 Å². The van der Waals surface area contributed by atoms with E-state index < -0.39 is 30.1 Å². The molecule has 0 fully saturated rings. The smallest absolute Gasteiger partial charge is 0.401 e. The number of nitrogens with two attached hydrogens (primary N) is 1. The van der Waals surface area contributed by atoms with E-state index in [0.717, 1.165) is 0 Å². The van der Waals surface area contributed by atoms with Gasteiger partial charge in [0.05, 0.1) is 12.2 Å². The van der Waals surface area contributed by atoms with Gasteiger partial charge in [0, 0.05) is 0 Å². The van der Waals surface area contributed by atoms with Gasteiger partial charge >= 0.3 is 6.18 Å². The summed E-state index contributed by atoms with van der Waals surface area (Å²) in [4.78, 5) is 0. The molecular formula is C9H17F3N2O2. The maximum atomic E-state index is 12.5. The molecule has 0 radical (unpaired) electrons. The van der Waals surface area contributed by atoms with Crippen LogP contribution in [0.1, 0.15) is 27.2 Å². The summed E-state index contributed by atoms with van der Waals surface area (Å²) in [7, 11) is 0. The second kappa shape index (κ2) is 5.38. The standard InChI is InChI=1S/C9H17F3N2O2/c1-4-8(2,3)16-5-6(7(13)14-15)9(10,11)12/h6,15H,4-5H2,1-3H3,(H2,13,14). The Kier molecular flexibility index (Phi) is 5.05. The Morgan fingerprint density at radius 1 is 1.44 bits per heavy atom. The fourth-order valence-corrected chi connectivity index (χ4v) is 0.828. The summed E-state index contributed by atoms with van der Waals surface area (Å²) in [6.45, 7) is 4.49. The predicted octanol–water partition coefficient (Wildman–Crippen LogP) is 2.12. The topological polar surface area (TPSA) is 67.8 Å².